The van der Waals surface area contributed by atoms with E-state index in [1.165, 1.54) is 0 Å². The topological polar surface area (TPSA) is 89.3 Å². The number of methoxy groups -OCH3 is 1. The molecule has 10 heteroatoms. The van der Waals surface area contributed by atoms with Gasteiger partial charge < -0.3 is 19.7 Å². The van der Waals surface area contributed by atoms with Crippen molar-refractivity contribution in [3.63, 3.8) is 0 Å². The van der Waals surface area contributed by atoms with Crippen LogP contribution in [0, 0.1) is 5.92 Å². The first-order valence-corrected chi connectivity index (χ1v) is 8.34. The largest absolute Gasteiger partial charge is 0.481 e. The summed E-state index contributed by atoms with van der Waals surface area (Å²) in [5.74, 6) is -1.19. The fourth-order valence-electron chi connectivity index (χ4n) is 3.31. The Labute approximate surface area is 153 Å². The van der Waals surface area contributed by atoms with Gasteiger partial charge in [0.2, 0.25) is 5.88 Å². The normalized spacial score (nSPS) is 22.6. The Hall–Kier alpha value is -2.62. The van der Waals surface area contributed by atoms with Gasteiger partial charge in [0, 0.05) is 25.1 Å². The van der Waals surface area contributed by atoms with E-state index >= 15 is 0 Å². The predicted octanol–water partition coefficient (Wildman–Crippen LogP) is 1.87. The number of halogens is 3. The molecular formula is C17H19F3N4O3. The van der Waals surface area contributed by atoms with E-state index < -0.39 is 35.7 Å². The molecule has 3 atom stereocenters. The third-order valence-electron chi connectivity index (χ3n) is 4.58. The maximum atomic E-state index is 13.1. The maximum absolute atomic E-state index is 13.1. The summed E-state index contributed by atoms with van der Waals surface area (Å²) in [5, 5.41) is 12.8. The molecule has 0 bridgehead atoms. The molecule has 0 aliphatic heterocycles. The second-order valence-corrected chi connectivity index (χ2v) is 6.52. The van der Waals surface area contributed by atoms with Gasteiger partial charge in [-0.25, -0.2) is 9.97 Å². The van der Waals surface area contributed by atoms with E-state index in [2.05, 4.69) is 20.0 Å². The Morgan fingerprint density at radius 1 is 1.44 bits per heavy atom. The molecule has 3 rings (SSSR count). The summed E-state index contributed by atoms with van der Waals surface area (Å²) >= 11 is 0. The highest BCUT2D eigenvalue weighted by molar-refractivity contribution is 5.94. The van der Waals surface area contributed by atoms with Crippen LogP contribution in [-0.4, -0.2) is 44.8 Å². The summed E-state index contributed by atoms with van der Waals surface area (Å²) in [6, 6.07) is 0.160. The first-order valence-electron chi connectivity index (χ1n) is 8.34. The summed E-state index contributed by atoms with van der Waals surface area (Å²) in [4.78, 5) is 19.9. The van der Waals surface area contributed by atoms with E-state index in [1.807, 2.05) is 4.57 Å². The Bertz CT molecular complexity index is 795. The Kier molecular flexibility index (Phi) is 5.36. The number of carbonyl (C=O) groups is 1. The summed E-state index contributed by atoms with van der Waals surface area (Å²) < 4.78 is 45.7. The van der Waals surface area contributed by atoms with Crippen molar-refractivity contribution < 1.29 is 27.8 Å². The average molecular weight is 384 g/mol. The number of aromatic nitrogens is 3. The van der Waals surface area contributed by atoms with Gasteiger partial charge in [0.1, 0.15) is 5.56 Å². The lowest BCUT2D eigenvalue weighted by Crippen LogP contribution is -2.40. The van der Waals surface area contributed by atoms with E-state index in [1.54, 1.807) is 18.7 Å². The quantitative estimate of drug-likeness (QED) is 0.822. The molecule has 0 aromatic carbocycles. The van der Waals surface area contributed by atoms with Crippen LogP contribution in [0.4, 0.5) is 13.2 Å². The zero-order valence-corrected chi connectivity index (χ0v) is 14.5. The third kappa shape index (κ3) is 4.38. The minimum absolute atomic E-state index is 0.124. The van der Waals surface area contributed by atoms with Crippen LogP contribution in [0.2, 0.25) is 0 Å². The minimum atomic E-state index is -4.70. The molecule has 2 N–H and O–H groups in total. The number of aliphatic hydroxyl groups excluding tert-OH is 1. The first-order chi connectivity index (χ1) is 12.8. The van der Waals surface area contributed by atoms with Crippen LogP contribution in [0.25, 0.3) is 0 Å². The van der Waals surface area contributed by atoms with Gasteiger partial charge in [-0.3, -0.25) is 4.79 Å². The zero-order valence-electron chi connectivity index (χ0n) is 14.5. The van der Waals surface area contributed by atoms with E-state index in [0.29, 0.717) is 25.5 Å². The molecule has 0 saturated heterocycles. The van der Waals surface area contributed by atoms with Crippen molar-refractivity contribution in [3.05, 3.63) is 42.1 Å². The van der Waals surface area contributed by atoms with Crippen molar-refractivity contribution in [1.29, 1.82) is 0 Å². The SMILES string of the molecule is COc1ncc(C(=O)N[C@@H]2CC(Cn3ccnc3)C[C@H]2O)cc1C(F)(F)F. The molecule has 1 aliphatic carbocycles. The number of pyridine rings is 1. The lowest BCUT2D eigenvalue weighted by atomic mass is 10.1. The number of hydrogen-bond acceptors (Lipinski definition) is 5. The van der Waals surface area contributed by atoms with Crippen LogP contribution in [0.15, 0.2) is 31.0 Å². The second-order valence-electron chi connectivity index (χ2n) is 6.52. The predicted molar refractivity (Wildman–Crippen MR) is 88.0 cm³/mol. The fraction of sp³-hybridized carbons (Fsp3) is 0.471. The fourth-order valence-corrected chi connectivity index (χ4v) is 3.31. The van der Waals surface area contributed by atoms with Gasteiger partial charge in [-0.05, 0) is 24.8 Å². The van der Waals surface area contributed by atoms with Crippen LogP contribution in [0.3, 0.4) is 0 Å². The molecular weight excluding hydrogens is 365 g/mol. The summed E-state index contributed by atoms with van der Waals surface area (Å²) in [7, 11) is 1.08. The van der Waals surface area contributed by atoms with Gasteiger partial charge in [0.25, 0.3) is 5.91 Å². The second kappa shape index (κ2) is 7.55. The van der Waals surface area contributed by atoms with Crippen LogP contribution < -0.4 is 10.1 Å². The van der Waals surface area contributed by atoms with Crippen LogP contribution in [-0.2, 0) is 12.7 Å². The molecule has 0 radical (unpaired) electrons. The zero-order chi connectivity index (χ0) is 19.6. The van der Waals surface area contributed by atoms with Gasteiger partial charge in [0.05, 0.1) is 31.1 Å². The van der Waals surface area contributed by atoms with Crippen molar-refractivity contribution in [1.82, 2.24) is 19.9 Å². The number of amides is 1. The van der Waals surface area contributed by atoms with E-state index in [4.69, 9.17) is 0 Å². The number of ether oxygens (including phenoxy) is 1. The van der Waals surface area contributed by atoms with Gasteiger partial charge in [-0.2, -0.15) is 13.2 Å². The molecule has 2 aromatic rings. The molecule has 146 valence electrons. The molecule has 1 saturated carbocycles. The number of imidazole rings is 1. The molecule has 0 spiro atoms. The highest BCUT2D eigenvalue weighted by Crippen LogP contribution is 2.35. The monoisotopic (exact) mass is 384 g/mol. The molecule has 1 aliphatic rings. The minimum Gasteiger partial charge on any atom is -0.481 e. The van der Waals surface area contributed by atoms with Crippen LogP contribution in [0.5, 0.6) is 5.88 Å². The van der Waals surface area contributed by atoms with Crippen molar-refractivity contribution in [3.8, 4) is 5.88 Å². The highest BCUT2D eigenvalue weighted by atomic mass is 19.4. The standard InChI is InChI=1S/C17H19F3N4O3/c1-27-16-12(17(18,19)20)6-11(7-22-16)15(26)23-13-4-10(5-14(13)25)8-24-3-2-21-9-24/h2-3,6-7,9-10,13-14,25H,4-5,8H2,1H3,(H,23,26)/t10?,13-,14-/m1/s1. The molecule has 1 fully saturated rings. The molecule has 1 amide bonds. The molecule has 2 heterocycles. The van der Waals surface area contributed by atoms with E-state index in [0.717, 1.165) is 13.3 Å². The van der Waals surface area contributed by atoms with Gasteiger partial charge >= 0.3 is 6.18 Å². The van der Waals surface area contributed by atoms with Gasteiger partial charge in [0.15, 0.2) is 0 Å². The number of nitrogens with zero attached hydrogens (tertiary/aromatic N) is 3. The lowest BCUT2D eigenvalue weighted by molar-refractivity contribution is -0.139. The van der Waals surface area contributed by atoms with Crippen molar-refractivity contribution in [2.24, 2.45) is 5.92 Å². The van der Waals surface area contributed by atoms with Gasteiger partial charge in [-0.15, -0.1) is 0 Å². The number of rotatable bonds is 5. The van der Waals surface area contributed by atoms with Gasteiger partial charge in [-0.1, -0.05) is 0 Å². The number of alkyl halides is 3. The van der Waals surface area contributed by atoms with Crippen LogP contribution in [0.1, 0.15) is 28.8 Å². The van der Waals surface area contributed by atoms with Crippen molar-refractivity contribution in [2.45, 2.75) is 37.7 Å². The number of hydrogen-bond donors (Lipinski definition) is 2. The van der Waals surface area contributed by atoms with Crippen LogP contribution >= 0.6 is 0 Å². The number of carbonyl (C=O) groups excluding carboxylic acids is 1. The summed E-state index contributed by atoms with van der Waals surface area (Å²) in [5.41, 5.74) is -1.36. The third-order valence-corrected chi connectivity index (χ3v) is 4.58. The molecule has 2 aromatic heterocycles. The lowest BCUT2D eigenvalue weighted by Gasteiger charge is -2.17. The summed E-state index contributed by atoms with van der Waals surface area (Å²) in [6.07, 6.45) is 1.68. The molecule has 27 heavy (non-hydrogen) atoms. The average Bonchev–Trinajstić information content (AvgIpc) is 3.24. The van der Waals surface area contributed by atoms with Crippen molar-refractivity contribution in [2.75, 3.05) is 7.11 Å². The maximum Gasteiger partial charge on any atom is 0.421 e. The number of nitrogens with one attached hydrogen (secondary N) is 1. The Balaban J connectivity index is 1.68. The van der Waals surface area contributed by atoms with Crippen molar-refractivity contribution >= 4 is 5.91 Å². The number of aliphatic hydroxyl groups is 1. The Morgan fingerprint density at radius 2 is 2.22 bits per heavy atom. The summed E-state index contributed by atoms with van der Waals surface area (Å²) in [6.45, 7) is 0.645. The smallest absolute Gasteiger partial charge is 0.421 e. The highest BCUT2D eigenvalue weighted by Gasteiger charge is 2.37. The van der Waals surface area contributed by atoms with E-state index in [9.17, 15) is 23.1 Å². The molecule has 7 nitrogen and oxygen atoms in total. The Morgan fingerprint density at radius 3 is 2.85 bits per heavy atom. The van der Waals surface area contributed by atoms with E-state index in [-0.39, 0.29) is 11.5 Å². The first kappa shape index (κ1) is 19.2. The molecule has 1 unspecified atom stereocenters.